The molecule has 1 saturated heterocycles. The Morgan fingerprint density at radius 3 is 2.81 bits per heavy atom. The maximum Gasteiger partial charge on any atom is 0.338 e. The van der Waals surface area contributed by atoms with Crippen LogP contribution in [-0.2, 0) is 20.8 Å². The lowest BCUT2D eigenvalue weighted by Gasteiger charge is -2.33. The van der Waals surface area contributed by atoms with Crippen LogP contribution in [0.2, 0.25) is 0 Å². The van der Waals surface area contributed by atoms with E-state index < -0.39 is 0 Å². The van der Waals surface area contributed by atoms with Crippen LogP contribution in [0.15, 0.2) is 59.4 Å². The van der Waals surface area contributed by atoms with Gasteiger partial charge in [-0.15, -0.1) is 0 Å². The van der Waals surface area contributed by atoms with Crippen molar-refractivity contribution in [2.45, 2.75) is 25.0 Å². The summed E-state index contributed by atoms with van der Waals surface area (Å²) in [6, 6.07) is 9.71. The number of furan rings is 1. The Kier molecular flexibility index (Phi) is 5.26. The normalized spacial score (nSPS) is 17.8. The fourth-order valence-electron chi connectivity index (χ4n) is 4.36. The third kappa shape index (κ3) is 3.73. The molecule has 2 aliphatic heterocycles. The fourth-order valence-corrected chi connectivity index (χ4v) is 4.36. The van der Waals surface area contributed by atoms with Gasteiger partial charge in [-0.2, -0.15) is 0 Å². The summed E-state index contributed by atoms with van der Waals surface area (Å²) in [5, 5.41) is 1.95. The van der Waals surface area contributed by atoms with Crippen molar-refractivity contribution in [2.75, 3.05) is 26.9 Å². The van der Waals surface area contributed by atoms with Crippen LogP contribution in [0.4, 0.5) is 0 Å². The maximum absolute atomic E-state index is 12.2. The van der Waals surface area contributed by atoms with E-state index >= 15 is 0 Å². The van der Waals surface area contributed by atoms with E-state index in [9.17, 15) is 4.79 Å². The Hall–Kier alpha value is -3.09. The van der Waals surface area contributed by atoms with Crippen molar-refractivity contribution in [3.8, 4) is 16.9 Å². The third-order valence-electron chi connectivity index (χ3n) is 6.11. The standard InChI is InChI=1S/C25H24O6/c1-27-25(7-11-28-12-8-25)6-2-9-30-19-3-4-20-18(13-19)14-21-22(16-31-24(21)26)23(20)17-5-10-29-15-17/h2-6,10,13-15H,7-9,11-12,16H2,1H3. The Labute approximate surface area is 180 Å². The first-order chi connectivity index (χ1) is 15.2. The number of rotatable bonds is 6. The second-order valence-corrected chi connectivity index (χ2v) is 7.84. The van der Waals surface area contributed by atoms with Gasteiger partial charge in [-0.05, 0) is 41.1 Å². The molecular formula is C25H24O6. The van der Waals surface area contributed by atoms with Crippen LogP contribution >= 0.6 is 0 Å². The molecule has 0 N–H and O–H groups in total. The molecule has 2 aromatic carbocycles. The molecule has 0 atom stereocenters. The van der Waals surface area contributed by atoms with Gasteiger partial charge in [0.15, 0.2) is 0 Å². The molecule has 2 aliphatic rings. The first-order valence-corrected chi connectivity index (χ1v) is 10.4. The van der Waals surface area contributed by atoms with E-state index in [1.54, 1.807) is 19.6 Å². The Bertz CT molecular complexity index is 1120. The molecule has 0 radical (unpaired) electrons. The molecule has 1 fully saturated rings. The van der Waals surface area contributed by atoms with Gasteiger partial charge in [0, 0.05) is 49.9 Å². The van der Waals surface area contributed by atoms with Gasteiger partial charge in [-0.3, -0.25) is 0 Å². The molecule has 6 heteroatoms. The van der Waals surface area contributed by atoms with Crippen molar-refractivity contribution in [1.82, 2.24) is 0 Å². The average Bonchev–Trinajstić information content (AvgIpc) is 3.46. The second kappa shape index (κ2) is 8.21. The topological polar surface area (TPSA) is 67.1 Å². The van der Waals surface area contributed by atoms with Crippen molar-refractivity contribution >= 4 is 16.7 Å². The second-order valence-electron chi connectivity index (χ2n) is 7.84. The first-order valence-electron chi connectivity index (χ1n) is 10.4. The number of benzene rings is 2. The van der Waals surface area contributed by atoms with Crippen molar-refractivity contribution < 1.29 is 28.2 Å². The molecule has 31 heavy (non-hydrogen) atoms. The number of carbonyl (C=O) groups is 1. The fraction of sp³-hybridized carbons (Fsp3) is 0.320. The number of carbonyl (C=O) groups excluding carboxylic acids is 1. The maximum atomic E-state index is 12.2. The minimum Gasteiger partial charge on any atom is -0.490 e. The highest BCUT2D eigenvalue weighted by Gasteiger charge is 2.29. The summed E-state index contributed by atoms with van der Waals surface area (Å²) in [5.41, 5.74) is 3.13. The Morgan fingerprint density at radius 1 is 1.16 bits per heavy atom. The highest BCUT2D eigenvalue weighted by Crippen LogP contribution is 2.39. The van der Waals surface area contributed by atoms with E-state index in [1.807, 2.05) is 36.4 Å². The van der Waals surface area contributed by atoms with Gasteiger partial charge in [-0.1, -0.05) is 12.1 Å². The summed E-state index contributed by atoms with van der Waals surface area (Å²) >= 11 is 0. The van der Waals surface area contributed by atoms with Gasteiger partial charge >= 0.3 is 5.97 Å². The molecule has 160 valence electrons. The summed E-state index contributed by atoms with van der Waals surface area (Å²) in [6.07, 6.45) is 9.08. The lowest BCUT2D eigenvalue weighted by atomic mass is 9.92. The lowest BCUT2D eigenvalue weighted by molar-refractivity contribution is -0.0588. The Morgan fingerprint density at radius 2 is 2.03 bits per heavy atom. The van der Waals surface area contributed by atoms with Crippen molar-refractivity contribution in [3.63, 3.8) is 0 Å². The van der Waals surface area contributed by atoms with Gasteiger partial charge in [0.05, 0.1) is 23.7 Å². The van der Waals surface area contributed by atoms with E-state index in [4.69, 9.17) is 23.4 Å². The minimum absolute atomic E-state index is 0.272. The molecule has 3 heterocycles. The van der Waals surface area contributed by atoms with Crippen LogP contribution in [0.25, 0.3) is 21.9 Å². The van der Waals surface area contributed by atoms with E-state index in [0.717, 1.165) is 46.1 Å². The number of methoxy groups -OCH3 is 1. The SMILES string of the molecule is COC1(C=CCOc2ccc3c(-c4ccoc4)c4c(cc3c2)C(=O)OC4)CCOCC1. The predicted octanol–water partition coefficient (Wildman–Crippen LogP) is 4.90. The molecule has 0 unspecified atom stereocenters. The van der Waals surface area contributed by atoms with Crippen LogP contribution in [0.5, 0.6) is 5.75 Å². The van der Waals surface area contributed by atoms with Crippen LogP contribution in [0, 0.1) is 0 Å². The monoisotopic (exact) mass is 420 g/mol. The summed E-state index contributed by atoms with van der Waals surface area (Å²) in [6.45, 7) is 2.12. The van der Waals surface area contributed by atoms with Crippen LogP contribution < -0.4 is 4.74 Å². The third-order valence-corrected chi connectivity index (χ3v) is 6.11. The zero-order valence-corrected chi connectivity index (χ0v) is 17.4. The van der Waals surface area contributed by atoms with E-state index in [1.165, 1.54) is 0 Å². The van der Waals surface area contributed by atoms with Gasteiger partial charge in [0.2, 0.25) is 0 Å². The Balaban J connectivity index is 1.41. The first kappa shape index (κ1) is 19.8. The molecule has 0 aliphatic carbocycles. The van der Waals surface area contributed by atoms with E-state index in [2.05, 4.69) is 6.08 Å². The summed E-state index contributed by atoms with van der Waals surface area (Å²) in [5.74, 6) is 0.442. The lowest BCUT2D eigenvalue weighted by Crippen LogP contribution is -2.36. The van der Waals surface area contributed by atoms with Gasteiger partial charge in [0.1, 0.15) is 19.0 Å². The number of esters is 1. The molecule has 0 bridgehead atoms. The molecule has 0 amide bonds. The average molecular weight is 420 g/mol. The number of ether oxygens (including phenoxy) is 4. The highest BCUT2D eigenvalue weighted by atomic mass is 16.5. The highest BCUT2D eigenvalue weighted by molar-refractivity contribution is 6.07. The molecule has 6 nitrogen and oxygen atoms in total. The zero-order chi connectivity index (χ0) is 21.3. The zero-order valence-electron chi connectivity index (χ0n) is 17.4. The van der Waals surface area contributed by atoms with Crippen LogP contribution in [0.3, 0.4) is 0 Å². The van der Waals surface area contributed by atoms with Crippen LogP contribution in [0.1, 0.15) is 28.8 Å². The number of fused-ring (bicyclic) bond motifs is 2. The molecule has 0 spiro atoms. The predicted molar refractivity (Wildman–Crippen MR) is 115 cm³/mol. The van der Waals surface area contributed by atoms with Crippen LogP contribution in [-0.4, -0.2) is 38.5 Å². The minimum atomic E-state index is -0.294. The van der Waals surface area contributed by atoms with Crippen molar-refractivity contribution in [3.05, 3.63) is 66.1 Å². The van der Waals surface area contributed by atoms with E-state index in [-0.39, 0.29) is 18.2 Å². The number of cyclic esters (lactones) is 1. The number of hydrogen-bond acceptors (Lipinski definition) is 6. The molecule has 1 aromatic heterocycles. The van der Waals surface area contributed by atoms with E-state index in [0.29, 0.717) is 25.4 Å². The van der Waals surface area contributed by atoms with Crippen molar-refractivity contribution in [2.24, 2.45) is 0 Å². The largest absolute Gasteiger partial charge is 0.490 e. The van der Waals surface area contributed by atoms with Gasteiger partial charge in [0.25, 0.3) is 0 Å². The number of hydrogen-bond donors (Lipinski definition) is 0. The summed E-state index contributed by atoms with van der Waals surface area (Å²) in [7, 11) is 1.74. The molecule has 3 aromatic rings. The van der Waals surface area contributed by atoms with Gasteiger partial charge < -0.3 is 23.4 Å². The van der Waals surface area contributed by atoms with Gasteiger partial charge in [-0.25, -0.2) is 4.79 Å². The summed E-state index contributed by atoms with van der Waals surface area (Å²) < 4.78 is 27.7. The quantitative estimate of drug-likeness (QED) is 0.417. The molecule has 5 rings (SSSR count). The molecular weight excluding hydrogens is 396 g/mol. The summed E-state index contributed by atoms with van der Waals surface area (Å²) in [4.78, 5) is 12.2. The smallest absolute Gasteiger partial charge is 0.338 e. The molecule has 0 saturated carbocycles. The van der Waals surface area contributed by atoms with Crippen molar-refractivity contribution in [1.29, 1.82) is 0 Å².